The monoisotopic (exact) mass is 321 g/mol. The van der Waals surface area contributed by atoms with E-state index in [0.29, 0.717) is 39.0 Å². The van der Waals surface area contributed by atoms with Gasteiger partial charge in [0.25, 0.3) is 0 Å². The van der Waals surface area contributed by atoms with E-state index in [4.69, 9.17) is 9.47 Å². The lowest BCUT2D eigenvalue weighted by Crippen LogP contribution is -2.45. The fraction of sp³-hybridized carbons (Fsp3) is 0.929. The average Bonchev–Trinajstić information content (AvgIpc) is 2.37. The molecule has 124 valence electrons. The predicted octanol–water partition coefficient (Wildman–Crippen LogP) is 1.84. The molecule has 1 aliphatic rings. The van der Waals surface area contributed by atoms with E-state index in [1.807, 2.05) is 20.8 Å². The van der Waals surface area contributed by atoms with Crippen molar-refractivity contribution in [2.75, 3.05) is 32.6 Å². The van der Waals surface area contributed by atoms with E-state index in [1.54, 1.807) is 12.0 Å². The molecule has 0 bridgehead atoms. The molecule has 1 saturated heterocycles. The first-order chi connectivity index (χ1) is 9.65. The molecule has 0 aromatic rings. The topological polar surface area (TPSA) is 72.9 Å². The maximum atomic E-state index is 12.2. The molecule has 0 unspecified atom stereocenters. The van der Waals surface area contributed by atoms with Gasteiger partial charge in [-0.3, -0.25) is 0 Å². The fourth-order valence-corrected chi connectivity index (χ4v) is 4.08. The van der Waals surface area contributed by atoms with Gasteiger partial charge in [0.2, 0.25) is 0 Å². The van der Waals surface area contributed by atoms with Gasteiger partial charge in [-0.1, -0.05) is 0 Å². The second-order valence-corrected chi connectivity index (χ2v) is 8.78. The minimum absolute atomic E-state index is 0.151. The van der Waals surface area contributed by atoms with Gasteiger partial charge in [-0.25, -0.2) is 13.2 Å². The molecule has 6 nitrogen and oxygen atoms in total. The van der Waals surface area contributed by atoms with Gasteiger partial charge in [0, 0.05) is 26.8 Å². The van der Waals surface area contributed by atoms with E-state index >= 15 is 0 Å². The number of hydrogen-bond donors (Lipinski definition) is 0. The van der Waals surface area contributed by atoms with Gasteiger partial charge in [-0.05, 0) is 40.0 Å². The molecule has 1 heterocycles. The van der Waals surface area contributed by atoms with Crippen LogP contribution in [0.15, 0.2) is 0 Å². The van der Waals surface area contributed by atoms with E-state index in [0.717, 1.165) is 0 Å². The Balaban J connectivity index is 2.46. The zero-order valence-corrected chi connectivity index (χ0v) is 14.2. The first-order valence-corrected chi connectivity index (χ1v) is 9.05. The van der Waals surface area contributed by atoms with Gasteiger partial charge in [-0.2, -0.15) is 0 Å². The summed E-state index contributed by atoms with van der Waals surface area (Å²) in [6, 6.07) is 0. The van der Waals surface area contributed by atoms with Crippen molar-refractivity contribution < 1.29 is 22.7 Å². The second kappa shape index (κ2) is 7.45. The summed E-state index contributed by atoms with van der Waals surface area (Å²) in [6.45, 7) is 6.77. The van der Waals surface area contributed by atoms with Crippen LogP contribution in [0.3, 0.4) is 0 Å². The molecular weight excluding hydrogens is 294 g/mol. The van der Waals surface area contributed by atoms with Crippen molar-refractivity contribution in [3.05, 3.63) is 0 Å². The van der Waals surface area contributed by atoms with Crippen LogP contribution in [0.1, 0.15) is 40.0 Å². The number of carbonyl (C=O) groups excluding carboxylic acids is 1. The van der Waals surface area contributed by atoms with Crippen LogP contribution in [-0.4, -0.2) is 62.8 Å². The zero-order chi connectivity index (χ0) is 16.1. The van der Waals surface area contributed by atoms with Crippen molar-refractivity contribution in [3.8, 4) is 0 Å². The molecule has 1 fully saturated rings. The van der Waals surface area contributed by atoms with Crippen LogP contribution in [-0.2, 0) is 19.3 Å². The van der Waals surface area contributed by atoms with E-state index in [-0.39, 0.29) is 17.1 Å². The number of amides is 1. The van der Waals surface area contributed by atoms with Gasteiger partial charge in [0.15, 0.2) is 9.84 Å². The molecule has 0 aromatic heterocycles. The second-order valence-electron chi connectivity index (χ2n) is 6.38. The van der Waals surface area contributed by atoms with E-state index in [2.05, 4.69) is 0 Å². The Bertz CT molecular complexity index is 433. The highest BCUT2D eigenvalue weighted by molar-refractivity contribution is 7.92. The Morgan fingerprint density at radius 2 is 1.81 bits per heavy atom. The Labute approximate surface area is 127 Å². The third-order valence-electron chi connectivity index (χ3n) is 3.38. The number of sulfone groups is 1. The zero-order valence-electron chi connectivity index (χ0n) is 13.4. The van der Waals surface area contributed by atoms with Crippen LogP contribution in [0, 0.1) is 0 Å². The SMILES string of the molecule is COCCCS(=O)(=O)C1CCN(C(=O)OC(C)(C)C)CC1. The lowest BCUT2D eigenvalue weighted by atomic mass is 10.1. The van der Waals surface area contributed by atoms with Crippen LogP contribution in [0.5, 0.6) is 0 Å². The summed E-state index contributed by atoms with van der Waals surface area (Å²) in [4.78, 5) is 13.5. The number of hydrogen-bond acceptors (Lipinski definition) is 5. The molecule has 0 N–H and O–H groups in total. The van der Waals surface area contributed by atoms with E-state index < -0.39 is 15.4 Å². The lowest BCUT2D eigenvalue weighted by Gasteiger charge is -2.33. The quantitative estimate of drug-likeness (QED) is 0.722. The number of carbonyl (C=O) groups is 1. The fourth-order valence-electron chi connectivity index (χ4n) is 2.30. The molecule has 1 aliphatic heterocycles. The van der Waals surface area contributed by atoms with Crippen molar-refractivity contribution in [1.82, 2.24) is 4.90 Å². The van der Waals surface area contributed by atoms with Crippen molar-refractivity contribution in [2.45, 2.75) is 50.9 Å². The minimum Gasteiger partial charge on any atom is -0.444 e. The van der Waals surface area contributed by atoms with Crippen LogP contribution in [0.2, 0.25) is 0 Å². The van der Waals surface area contributed by atoms with Crippen LogP contribution >= 0.6 is 0 Å². The summed E-state index contributed by atoms with van der Waals surface area (Å²) in [6.07, 6.45) is 1.12. The van der Waals surface area contributed by atoms with Crippen LogP contribution < -0.4 is 0 Å². The molecule has 21 heavy (non-hydrogen) atoms. The summed E-state index contributed by atoms with van der Waals surface area (Å²) in [5.41, 5.74) is -0.528. The van der Waals surface area contributed by atoms with Gasteiger partial charge in [-0.15, -0.1) is 0 Å². The lowest BCUT2D eigenvalue weighted by molar-refractivity contribution is 0.0217. The molecule has 0 spiro atoms. The highest BCUT2D eigenvalue weighted by Crippen LogP contribution is 2.21. The first kappa shape index (κ1) is 18.2. The Kier molecular flexibility index (Phi) is 6.46. The van der Waals surface area contributed by atoms with Crippen molar-refractivity contribution in [2.24, 2.45) is 0 Å². The van der Waals surface area contributed by atoms with Crippen molar-refractivity contribution >= 4 is 15.9 Å². The number of likely N-dealkylation sites (tertiary alicyclic amines) is 1. The largest absolute Gasteiger partial charge is 0.444 e. The Morgan fingerprint density at radius 1 is 1.24 bits per heavy atom. The number of nitrogens with zero attached hydrogens (tertiary/aromatic N) is 1. The molecule has 0 aromatic carbocycles. The highest BCUT2D eigenvalue weighted by Gasteiger charge is 2.32. The Hall–Kier alpha value is -0.820. The number of ether oxygens (including phenoxy) is 2. The first-order valence-electron chi connectivity index (χ1n) is 7.34. The predicted molar refractivity (Wildman–Crippen MR) is 81.1 cm³/mol. The number of piperidine rings is 1. The summed E-state index contributed by atoms with van der Waals surface area (Å²) in [7, 11) is -1.54. The van der Waals surface area contributed by atoms with Gasteiger partial charge in [0.1, 0.15) is 5.60 Å². The average molecular weight is 321 g/mol. The maximum Gasteiger partial charge on any atom is 0.410 e. The third kappa shape index (κ3) is 6.22. The van der Waals surface area contributed by atoms with Crippen LogP contribution in [0.4, 0.5) is 4.79 Å². The van der Waals surface area contributed by atoms with Gasteiger partial charge < -0.3 is 14.4 Å². The minimum atomic E-state index is -3.10. The molecular formula is C14H27NO5S. The summed E-state index contributed by atoms with van der Waals surface area (Å²) in [5, 5.41) is -0.354. The summed E-state index contributed by atoms with van der Waals surface area (Å²) >= 11 is 0. The molecule has 0 aliphatic carbocycles. The van der Waals surface area contributed by atoms with E-state index in [9.17, 15) is 13.2 Å². The van der Waals surface area contributed by atoms with Gasteiger partial charge >= 0.3 is 6.09 Å². The highest BCUT2D eigenvalue weighted by atomic mass is 32.2. The van der Waals surface area contributed by atoms with Crippen molar-refractivity contribution in [1.29, 1.82) is 0 Å². The smallest absolute Gasteiger partial charge is 0.410 e. The standard InChI is InChI=1S/C14H27NO5S/c1-14(2,3)20-13(16)15-8-6-12(7-9-15)21(17,18)11-5-10-19-4/h12H,5-11H2,1-4H3. The molecule has 1 rings (SSSR count). The normalized spacial score (nSPS) is 17.8. The molecule has 0 saturated carbocycles. The maximum absolute atomic E-state index is 12.2. The third-order valence-corrected chi connectivity index (χ3v) is 5.72. The van der Waals surface area contributed by atoms with Crippen molar-refractivity contribution in [3.63, 3.8) is 0 Å². The van der Waals surface area contributed by atoms with E-state index in [1.165, 1.54) is 0 Å². The molecule has 0 radical (unpaired) electrons. The molecule has 7 heteroatoms. The van der Waals surface area contributed by atoms with Gasteiger partial charge in [0.05, 0.1) is 11.0 Å². The molecule has 0 atom stereocenters. The number of rotatable bonds is 5. The summed E-state index contributed by atoms with van der Waals surface area (Å²) < 4.78 is 34.5. The van der Waals surface area contributed by atoms with Crippen LogP contribution in [0.25, 0.3) is 0 Å². The Morgan fingerprint density at radius 3 is 2.29 bits per heavy atom. The molecule has 1 amide bonds. The summed E-state index contributed by atoms with van der Waals surface area (Å²) in [5.74, 6) is 0.151. The number of methoxy groups -OCH3 is 1.